The molecule has 326 valence electrons. The summed E-state index contributed by atoms with van der Waals surface area (Å²) >= 11 is 1.89. The predicted molar refractivity (Wildman–Crippen MR) is 291 cm³/mol. The van der Waals surface area contributed by atoms with Crippen LogP contribution in [0.1, 0.15) is 67.2 Å². The van der Waals surface area contributed by atoms with Crippen molar-refractivity contribution in [3.63, 3.8) is 0 Å². The second kappa shape index (κ2) is 16.7. The minimum atomic E-state index is -0.257. The van der Waals surface area contributed by atoms with Gasteiger partial charge in [0, 0.05) is 42.5 Å². The number of hydrogen-bond donors (Lipinski definition) is 0. The summed E-state index contributed by atoms with van der Waals surface area (Å²) in [7, 11) is 0. The third-order valence-corrected chi connectivity index (χ3v) is 16.6. The Labute approximate surface area is 403 Å². The van der Waals surface area contributed by atoms with Crippen molar-refractivity contribution in [2.75, 3.05) is 4.90 Å². The Morgan fingerprint density at radius 1 is 0.441 bits per heavy atom. The second-order valence-corrected chi connectivity index (χ2v) is 20.2. The minimum Gasteiger partial charge on any atom is -0.310 e. The number of hydrogen-bond acceptors (Lipinski definition) is 2. The van der Waals surface area contributed by atoms with Gasteiger partial charge in [-0.15, -0.1) is 11.3 Å². The van der Waals surface area contributed by atoms with E-state index in [0.717, 1.165) is 17.1 Å². The van der Waals surface area contributed by atoms with Gasteiger partial charge in [0.05, 0.1) is 5.69 Å². The summed E-state index contributed by atoms with van der Waals surface area (Å²) in [6.45, 7) is 2.40. The van der Waals surface area contributed by atoms with Crippen molar-refractivity contribution in [3.05, 3.63) is 247 Å². The molecule has 10 aromatic carbocycles. The van der Waals surface area contributed by atoms with E-state index in [4.69, 9.17) is 0 Å². The fraction of sp³-hybridized carbons (Fsp3) is 0.121. The summed E-state index contributed by atoms with van der Waals surface area (Å²) in [5.41, 5.74) is 18.8. The molecule has 2 heteroatoms. The molecule has 1 nitrogen and oxygen atoms in total. The van der Waals surface area contributed by atoms with E-state index in [-0.39, 0.29) is 5.41 Å². The molecule has 68 heavy (non-hydrogen) atoms. The van der Waals surface area contributed by atoms with Gasteiger partial charge in [-0.25, -0.2) is 0 Å². The van der Waals surface area contributed by atoms with E-state index in [0.29, 0.717) is 5.92 Å². The molecule has 0 aliphatic heterocycles. The maximum atomic E-state index is 2.50. The van der Waals surface area contributed by atoms with Crippen LogP contribution in [-0.4, -0.2) is 0 Å². The zero-order valence-electron chi connectivity index (χ0n) is 38.3. The molecule has 1 unspecified atom stereocenters. The maximum Gasteiger partial charge on any atom is 0.0540 e. The van der Waals surface area contributed by atoms with Crippen molar-refractivity contribution in [3.8, 4) is 44.5 Å². The molecule has 0 bridgehead atoms. The average Bonchev–Trinajstić information content (AvgIpc) is 3.92. The van der Waals surface area contributed by atoms with Crippen molar-refractivity contribution in [1.29, 1.82) is 0 Å². The topological polar surface area (TPSA) is 3.24 Å². The number of anilines is 3. The van der Waals surface area contributed by atoms with Crippen molar-refractivity contribution in [2.45, 2.75) is 50.4 Å². The van der Waals surface area contributed by atoms with Gasteiger partial charge in [-0.05, 0) is 140 Å². The first-order valence-electron chi connectivity index (χ1n) is 24.4. The van der Waals surface area contributed by atoms with Gasteiger partial charge in [0.25, 0.3) is 0 Å². The second-order valence-electron chi connectivity index (χ2n) is 19.1. The van der Waals surface area contributed by atoms with Crippen molar-refractivity contribution < 1.29 is 0 Å². The van der Waals surface area contributed by atoms with Crippen LogP contribution in [0.2, 0.25) is 0 Å². The molecular weight excluding hydrogens is 839 g/mol. The van der Waals surface area contributed by atoms with Crippen LogP contribution in [0.4, 0.5) is 17.1 Å². The molecule has 0 N–H and O–H groups in total. The summed E-state index contributed by atoms with van der Waals surface area (Å²) in [6, 6.07) is 84.3. The molecule has 13 rings (SSSR count). The molecule has 1 atom stereocenters. The lowest BCUT2D eigenvalue weighted by Gasteiger charge is -2.30. The molecule has 0 amide bonds. The van der Waals surface area contributed by atoms with Crippen LogP contribution < -0.4 is 4.90 Å². The van der Waals surface area contributed by atoms with Gasteiger partial charge in [0.2, 0.25) is 0 Å². The molecule has 0 radical (unpaired) electrons. The third kappa shape index (κ3) is 6.65. The number of thiophene rings is 1. The highest BCUT2D eigenvalue weighted by molar-refractivity contribution is 7.26. The van der Waals surface area contributed by atoms with Crippen LogP contribution in [0.25, 0.3) is 75.5 Å². The number of fused-ring (bicyclic) bond motifs is 7. The standard InChI is InChI=1S/C66H51NS/c1-66(49-23-6-3-7-24-49)60-33-11-8-26-54(60)55-41-38-47(43-61(55)66)44-36-39-50(40-37-44)67(51-25-14-22-48(42-51)53-30-17-32-59-57-28-10-13-35-63(57)68-65(53)59)62-34-12-9-27-56(62)58-31-16-21-46-20-15-29-52(64(46)58)45-18-4-2-5-19-45/h3,6-17,20-43,45H,2,4-5,18-19H2,1H3. The van der Waals surface area contributed by atoms with Gasteiger partial charge in [-0.1, -0.05) is 201 Å². The number of benzene rings is 10. The molecule has 11 aromatic rings. The first-order chi connectivity index (χ1) is 33.6. The fourth-order valence-corrected chi connectivity index (χ4v) is 13.3. The summed E-state index contributed by atoms with van der Waals surface area (Å²) in [6.07, 6.45) is 6.47. The minimum absolute atomic E-state index is 0.257. The summed E-state index contributed by atoms with van der Waals surface area (Å²) in [5, 5.41) is 5.35. The monoisotopic (exact) mass is 889 g/mol. The van der Waals surface area contributed by atoms with Gasteiger partial charge >= 0.3 is 0 Å². The van der Waals surface area contributed by atoms with E-state index in [1.807, 2.05) is 11.3 Å². The zero-order chi connectivity index (χ0) is 45.2. The van der Waals surface area contributed by atoms with E-state index in [2.05, 4.69) is 236 Å². The Kier molecular flexibility index (Phi) is 9.98. The molecule has 1 fully saturated rings. The molecule has 1 saturated carbocycles. The van der Waals surface area contributed by atoms with Crippen LogP contribution in [0, 0.1) is 0 Å². The normalized spacial score (nSPS) is 15.7. The fourth-order valence-electron chi connectivity index (χ4n) is 12.0. The molecule has 0 saturated heterocycles. The van der Waals surface area contributed by atoms with Crippen molar-refractivity contribution in [2.24, 2.45) is 0 Å². The van der Waals surface area contributed by atoms with E-state index in [1.165, 1.54) is 130 Å². The number of nitrogens with zero attached hydrogens (tertiary/aromatic N) is 1. The van der Waals surface area contributed by atoms with E-state index >= 15 is 0 Å². The highest BCUT2D eigenvalue weighted by Crippen LogP contribution is 2.54. The van der Waals surface area contributed by atoms with Crippen LogP contribution >= 0.6 is 11.3 Å². The SMILES string of the molecule is CC1(c2ccccc2)c2ccccc2-c2ccc(-c3ccc(N(c4cccc(-c5cccc6c5sc5ccccc56)c4)c4ccccc4-c4cccc5cccc(C6CCCCC6)c45)cc3)cc21. The molecule has 0 spiro atoms. The van der Waals surface area contributed by atoms with Gasteiger partial charge in [-0.2, -0.15) is 0 Å². The lowest BCUT2D eigenvalue weighted by atomic mass is 9.74. The molecule has 1 heterocycles. The highest BCUT2D eigenvalue weighted by Gasteiger charge is 2.40. The Morgan fingerprint density at radius 3 is 1.97 bits per heavy atom. The van der Waals surface area contributed by atoms with Crippen LogP contribution in [0.3, 0.4) is 0 Å². The maximum absolute atomic E-state index is 2.50. The predicted octanol–water partition coefficient (Wildman–Crippen LogP) is 19.1. The summed E-state index contributed by atoms with van der Waals surface area (Å²) in [5.74, 6) is 0.580. The first kappa shape index (κ1) is 40.7. The largest absolute Gasteiger partial charge is 0.310 e. The Hall–Kier alpha value is -7.52. The van der Waals surface area contributed by atoms with E-state index in [1.54, 1.807) is 0 Å². The lowest BCUT2D eigenvalue weighted by molar-refractivity contribution is 0.445. The highest BCUT2D eigenvalue weighted by atomic mass is 32.1. The molecule has 1 aromatic heterocycles. The number of para-hydroxylation sites is 1. The van der Waals surface area contributed by atoms with Gasteiger partial charge < -0.3 is 4.90 Å². The van der Waals surface area contributed by atoms with Crippen LogP contribution in [-0.2, 0) is 5.41 Å². The van der Waals surface area contributed by atoms with Crippen LogP contribution in [0.5, 0.6) is 0 Å². The summed E-state index contributed by atoms with van der Waals surface area (Å²) < 4.78 is 2.65. The van der Waals surface area contributed by atoms with Crippen molar-refractivity contribution in [1.82, 2.24) is 0 Å². The van der Waals surface area contributed by atoms with Crippen LogP contribution in [0.15, 0.2) is 224 Å². The smallest absolute Gasteiger partial charge is 0.0540 e. The number of rotatable bonds is 8. The Morgan fingerprint density at radius 2 is 1.10 bits per heavy atom. The average molecular weight is 890 g/mol. The van der Waals surface area contributed by atoms with E-state index < -0.39 is 0 Å². The quantitative estimate of drug-likeness (QED) is 0.147. The molecule has 2 aliphatic rings. The molecular formula is C66H51NS. The van der Waals surface area contributed by atoms with Gasteiger partial charge in [-0.3, -0.25) is 0 Å². The summed E-state index contributed by atoms with van der Waals surface area (Å²) in [4.78, 5) is 2.50. The Balaban J connectivity index is 0.971. The van der Waals surface area contributed by atoms with Crippen molar-refractivity contribution >= 4 is 59.3 Å². The van der Waals surface area contributed by atoms with Gasteiger partial charge in [0.15, 0.2) is 0 Å². The zero-order valence-corrected chi connectivity index (χ0v) is 39.1. The van der Waals surface area contributed by atoms with E-state index in [9.17, 15) is 0 Å². The third-order valence-electron chi connectivity index (χ3n) is 15.4. The Bertz CT molecular complexity index is 3680. The van der Waals surface area contributed by atoms with Gasteiger partial charge in [0.1, 0.15) is 0 Å². The first-order valence-corrected chi connectivity index (χ1v) is 25.3. The molecule has 2 aliphatic carbocycles. The lowest BCUT2D eigenvalue weighted by Crippen LogP contribution is -2.22.